The van der Waals surface area contributed by atoms with E-state index in [1.165, 1.54) is 0 Å². The average Bonchev–Trinajstić information content (AvgIpc) is 3.20. The Labute approximate surface area is 146 Å². The van der Waals surface area contributed by atoms with Crippen molar-refractivity contribution in [3.05, 3.63) is 46.6 Å². The van der Waals surface area contributed by atoms with Crippen molar-refractivity contribution in [2.75, 3.05) is 13.1 Å². The molecular weight excluding hydrogens is 328 g/mol. The predicted molar refractivity (Wildman–Crippen MR) is 90.5 cm³/mol. The standard InChI is InChI=1S/C17H21ClN4O2/c1-12-20-17(21-24-12)15-7-4-9-22(15)10-8-16(23)19-11-13-5-2-3-6-14(13)18/h2-3,5-6,15H,4,7-11H2,1H3,(H,19,23)/t15-/m0/s1. The van der Waals surface area contributed by atoms with E-state index in [9.17, 15) is 4.79 Å². The van der Waals surface area contributed by atoms with Crippen LogP contribution < -0.4 is 5.32 Å². The van der Waals surface area contributed by atoms with Crippen molar-refractivity contribution in [1.29, 1.82) is 0 Å². The summed E-state index contributed by atoms with van der Waals surface area (Å²) in [5.74, 6) is 1.32. The summed E-state index contributed by atoms with van der Waals surface area (Å²) >= 11 is 6.09. The van der Waals surface area contributed by atoms with Crippen molar-refractivity contribution in [3.8, 4) is 0 Å². The van der Waals surface area contributed by atoms with Gasteiger partial charge in [0.05, 0.1) is 6.04 Å². The Hall–Kier alpha value is -1.92. The van der Waals surface area contributed by atoms with Gasteiger partial charge in [-0.05, 0) is 31.0 Å². The zero-order valence-electron chi connectivity index (χ0n) is 13.7. The lowest BCUT2D eigenvalue weighted by Gasteiger charge is -2.21. The number of carbonyl (C=O) groups is 1. The summed E-state index contributed by atoms with van der Waals surface area (Å²) in [5, 5.41) is 7.61. The lowest BCUT2D eigenvalue weighted by atomic mass is 10.2. The van der Waals surface area contributed by atoms with E-state index in [4.69, 9.17) is 16.1 Å². The first-order valence-corrected chi connectivity index (χ1v) is 8.55. The summed E-state index contributed by atoms with van der Waals surface area (Å²) in [5.41, 5.74) is 0.925. The van der Waals surface area contributed by atoms with E-state index in [0.717, 1.165) is 30.8 Å². The molecule has 1 aromatic heterocycles. The summed E-state index contributed by atoms with van der Waals surface area (Å²) in [4.78, 5) is 18.7. The van der Waals surface area contributed by atoms with Crippen LogP contribution in [0.15, 0.2) is 28.8 Å². The van der Waals surface area contributed by atoms with Crippen LogP contribution in [-0.4, -0.2) is 34.0 Å². The van der Waals surface area contributed by atoms with Gasteiger partial charge in [0.25, 0.3) is 0 Å². The van der Waals surface area contributed by atoms with Gasteiger partial charge in [0.2, 0.25) is 11.8 Å². The summed E-state index contributed by atoms with van der Waals surface area (Å²) in [7, 11) is 0. The number of benzene rings is 1. The van der Waals surface area contributed by atoms with E-state index in [1.54, 1.807) is 6.92 Å². The van der Waals surface area contributed by atoms with Crippen molar-refractivity contribution in [1.82, 2.24) is 20.4 Å². The van der Waals surface area contributed by atoms with Crippen molar-refractivity contribution in [2.24, 2.45) is 0 Å². The predicted octanol–water partition coefficient (Wildman–Crippen LogP) is 2.87. The second-order valence-electron chi connectivity index (χ2n) is 5.98. The molecular formula is C17H21ClN4O2. The number of rotatable bonds is 6. The second kappa shape index (κ2) is 7.77. The molecule has 6 nitrogen and oxygen atoms in total. The molecule has 2 heterocycles. The third kappa shape index (κ3) is 4.13. The highest BCUT2D eigenvalue weighted by Crippen LogP contribution is 2.29. The number of nitrogens with one attached hydrogen (secondary N) is 1. The monoisotopic (exact) mass is 348 g/mol. The van der Waals surface area contributed by atoms with Crippen LogP contribution in [0, 0.1) is 6.92 Å². The molecule has 2 aromatic rings. The normalized spacial score (nSPS) is 18.0. The maximum atomic E-state index is 12.1. The molecule has 7 heteroatoms. The Morgan fingerprint density at radius 2 is 2.29 bits per heavy atom. The van der Waals surface area contributed by atoms with E-state index in [1.807, 2.05) is 24.3 Å². The molecule has 1 fully saturated rings. The van der Waals surface area contributed by atoms with E-state index >= 15 is 0 Å². The number of hydrogen-bond acceptors (Lipinski definition) is 5. The molecule has 0 bridgehead atoms. The van der Waals surface area contributed by atoms with Crippen molar-refractivity contribution in [2.45, 2.75) is 38.8 Å². The van der Waals surface area contributed by atoms with E-state index < -0.39 is 0 Å². The van der Waals surface area contributed by atoms with Crippen molar-refractivity contribution < 1.29 is 9.32 Å². The highest BCUT2D eigenvalue weighted by Gasteiger charge is 2.29. The first kappa shape index (κ1) is 16.9. The van der Waals surface area contributed by atoms with Gasteiger partial charge in [0, 0.05) is 31.5 Å². The maximum Gasteiger partial charge on any atom is 0.223 e. The number of aromatic nitrogens is 2. The van der Waals surface area contributed by atoms with Crippen LogP contribution in [-0.2, 0) is 11.3 Å². The van der Waals surface area contributed by atoms with Gasteiger partial charge in [0.15, 0.2) is 5.82 Å². The topological polar surface area (TPSA) is 71.3 Å². The minimum atomic E-state index is 0.0184. The lowest BCUT2D eigenvalue weighted by molar-refractivity contribution is -0.121. The van der Waals surface area contributed by atoms with Crippen molar-refractivity contribution >= 4 is 17.5 Å². The Morgan fingerprint density at radius 3 is 3.04 bits per heavy atom. The summed E-state index contributed by atoms with van der Waals surface area (Å²) in [6.45, 7) is 3.88. The molecule has 24 heavy (non-hydrogen) atoms. The van der Waals surface area contributed by atoms with Gasteiger partial charge in [-0.2, -0.15) is 4.98 Å². The summed E-state index contributed by atoms with van der Waals surface area (Å²) < 4.78 is 5.07. The fraction of sp³-hybridized carbons (Fsp3) is 0.471. The van der Waals surface area contributed by atoms with Crippen molar-refractivity contribution in [3.63, 3.8) is 0 Å². The van der Waals surface area contributed by atoms with Gasteiger partial charge < -0.3 is 9.84 Å². The second-order valence-corrected chi connectivity index (χ2v) is 6.39. The largest absolute Gasteiger partial charge is 0.352 e. The Balaban J connectivity index is 1.48. The molecule has 1 aliphatic rings. The molecule has 3 rings (SSSR count). The number of likely N-dealkylation sites (tertiary alicyclic amines) is 1. The molecule has 1 saturated heterocycles. The Kier molecular flexibility index (Phi) is 5.48. The number of nitrogens with zero attached hydrogens (tertiary/aromatic N) is 3. The summed E-state index contributed by atoms with van der Waals surface area (Å²) in [6.07, 6.45) is 2.53. The van der Waals surface area contributed by atoms with Gasteiger partial charge in [0.1, 0.15) is 0 Å². The first-order valence-electron chi connectivity index (χ1n) is 8.18. The first-order chi connectivity index (χ1) is 11.6. The number of amides is 1. The smallest absolute Gasteiger partial charge is 0.223 e. The van der Waals surface area contributed by atoms with Crippen LogP contribution in [0.2, 0.25) is 5.02 Å². The minimum Gasteiger partial charge on any atom is -0.352 e. The third-order valence-corrected chi connectivity index (χ3v) is 4.63. The molecule has 1 atom stereocenters. The molecule has 1 N–H and O–H groups in total. The van der Waals surface area contributed by atoms with E-state index in [0.29, 0.717) is 30.4 Å². The molecule has 1 aliphatic heterocycles. The Bertz CT molecular complexity index is 703. The minimum absolute atomic E-state index is 0.0184. The fourth-order valence-electron chi connectivity index (χ4n) is 3.01. The van der Waals surface area contributed by atoms with Crippen LogP contribution in [0.4, 0.5) is 0 Å². The third-order valence-electron chi connectivity index (χ3n) is 4.26. The van der Waals surface area contributed by atoms with Gasteiger partial charge in [-0.1, -0.05) is 35.0 Å². The molecule has 0 aliphatic carbocycles. The molecule has 0 saturated carbocycles. The van der Waals surface area contributed by atoms with Crippen LogP contribution in [0.1, 0.15) is 42.6 Å². The summed E-state index contributed by atoms with van der Waals surface area (Å²) in [6, 6.07) is 7.68. The van der Waals surface area contributed by atoms with Gasteiger partial charge in [-0.15, -0.1) is 0 Å². The molecule has 128 valence electrons. The van der Waals surface area contributed by atoms with Gasteiger partial charge >= 0.3 is 0 Å². The van der Waals surface area contributed by atoms with Gasteiger partial charge in [-0.3, -0.25) is 9.69 Å². The fourth-order valence-corrected chi connectivity index (χ4v) is 3.21. The average molecular weight is 349 g/mol. The maximum absolute atomic E-state index is 12.1. The zero-order chi connectivity index (χ0) is 16.9. The van der Waals surface area contributed by atoms with Crippen LogP contribution in [0.25, 0.3) is 0 Å². The molecule has 0 unspecified atom stereocenters. The molecule has 0 radical (unpaired) electrons. The number of halogens is 1. The molecule has 0 spiro atoms. The number of hydrogen-bond donors (Lipinski definition) is 1. The van der Waals surface area contributed by atoms with Crippen LogP contribution in [0.5, 0.6) is 0 Å². The quantitative estimate of drug-likeness (QED) is 0.869. The number of carbonyl (C=O) groups excluding carboxylic acids is 1. The van der Waals surface area contributed by atoms with Gasteiger partial charge in [-0.25, -0.2) is 0 Å². The van der Waals surface area contributed by atoms with Crippen LogP contribution in [0.3, 0.4) is 0 Å². The zero-order valence-corrected chi connectivity index (χ0v) is 14.4. The lowest BCUT2D eigenvalue weighted by Crippen LogP contribution is -2.31. The van der Waals surface area contributed by atoms with E-state index in [-0.39, 0.29) is 11.9 Å². The highest BCUT2D eigenvalue weighted by molar-refractivity contribution is 6.31. The highest BCUT2D eigenvalue weighted by atomic mass is 35.5. The SMILES string of the molecule is Cc1nc([C@@H]2CCCN2CCC(=O)NCc2ccccc2Cl)no1. The molecule has 1 aromatic carbocycles. The van der Waals surface area contributed by atoms with E-state index in [2.05, 4.69) is 20.4 Å². The molecule has 1 amide bonds. The Morgan fingerprint density at radius 1 is 1.46 bits per heavy atom. The van der Waals surface area contributed by atoms with Crippen LogP contribution >= 0.6 is 11.6 Å². The number of aryl methyl sites for hydroxylation is 1.